The molecule has 1 aromatic heterocycles. The van der Waals surface area contributed by atoms with Crippen molar-refractivity contribution in [2.45, 2.75) is 6.42 Å². The van der Waals surface area contributed by atoms with Crippen molar-refractivity contribution < 1.29 is 8.81 Å². The average Bonchev–Trinajstić information content (AvgIpc) is 2.61. The normalized spacial score (nSPS) is 11.0. The minimum Gasteiger partial charge on any atom is -0.464 e. The molecule has 14 heavy (non-hydrogen) atoms. The summed E-state index contributed by atoms with van der Waals surface area (Å²) in [7, 11) is 1.86. The highest BCUT2D eigenvalue weighted by Gasteiger charge is 2.05. The highest BCUT2D eigenvalue weighted by atomic mass is 19.1. The second-order valence-electron chi connectivity index (χ2n) is 3.26. The molecule has 0 bridgehead atoms. The summed E-state index contributed by atoms with van der Waals surface area (Å²) in [4.78, 5) is 0. The van der Waals surface area contributed by atoms with Crippen molar-refractivity contribution in [1.29, 1.82) is 0 Å². The summed E-state index contributed by atoms with van der Waals surface area (Å²) < 4.78 is 18.5. The molecule has 74 valence electrons. The Labute approximate surface area is 81.7 Å². The number of hydrogen-bond donors (Lipinski definition) is 1. The molecule has 0 fully saturated rings. The van der Waals surface area contributed by atoms with Gasteiger partial charge in [0.05, 0.1) is 6.26 Å². The lowest BCUT2D eigenvalue weighted by molar-refractivity contribution is 0.588. The zero-order valence-corrected chi connectivity index (χ0v) is 8.01. The van der Waals surface area contributed by atoms with E-state index in [1.807, 2.05) is 19.2 Å². The van der Waals surface area contributed by atoms with Crippen LogP contribution in [0.15, 0.2) is 28.9 Å². The molecule has 1 N–H and O–H groups in total. The van der Waals surface area contributed by atoms with Crippen LogP contribution in [0.5, 0.6) is 0 Å². The van der Waals surface area contributed by atoms with Gasteiger partial charge in [-0.15, -0.1) is 0 Å². The Morgan fingerprint density at radius 3 is 3.07 bits per heavy atom. The van der Waals surface area contributed by atoms with Crippen LogP contribution < -0.4 is 5.32 Å². The number of nitrogens with one attached hydrogen (secondary N) is 1. The van der Waals surface area contributed by atoms with Crippen LogP contribution in [-0.2, 0) is 6.42 Å². The van der Waals surface area contributed by atoms with E-state index in [-0.39, 0.29) is 5.82 Å². The smallest absolute Gasteiger partial charge is 0.136 e. The maximum Gasteiger partial charge on any atom is 0.136 e. The van der Waals surface area contributed by atoms with E-state index >= 15 is 0 Å². The summed E-state index contributed by atoms with van der Waals surface area (Å²) in [6, 6.07) is 5.13. The number of rotatable bonds is 3. The molecule has 1 aromatic carbocycles. The first kappa shape index (κ1) is 9.21. The Bertz CT molecular complexity index is 436. The van der Waals surface area contributed by atoms with Crippen molar-refractivity contribution in [1.82, 2.24) is 5.32 Å². The van der Waals surface area contributed by atoms with Gasteiger partial charge in [0.1, 0.15) is 11.4 Å². The number of halogens is 1. The molecular formula is C11H12FNO. The molecular weight excluding hydrogens is 181 g/mol. The SMILES string of the molecule is CNCCc1cc2ccoc2cc1F. The minimum atomic E-state index is -0.192. The van der Waals surface area contributed by atoms with Crippen LogP contribution in [-0.4, -0.2) is 13.6 Å². The summed E-state index contributed by atoms with van der Waals surface area (Å²) in [5, 5.41) is 3.95. The van der Waals surface area contributed by atoms with Crippen LogP contribution in [0.2, 0.25) is 0 Å². The largest absolute Gasteiger partial charge is 0.464 e. The van der Waals surface area contributed by atoms with E-state index in [1.54, 1.807) is 6.26 Å². The van der Waals surface area contributed by atoms with Crippen LogP contribution in [0.4, 0.5) is 4.39 Å². The Hall–Kier alpha value is -1.35. The molecule has 0 radical (unpaired) electrons. The third kappa shape index (κ3) is 1.63. The van der Waals surface area contributed by atoms with Gasteiger partial charge in [-0.05, 0) is 37.7 Å². The molecule has 1 heterocycles. The fourth-order valence-electron chi connectivity index (χ4n) is 1.48. The predicted molar refractivity (Wildman–Crippen MR) is 53.8 cm³/mol. The minimum absolute atomic E-state index is 0.192. The number of furan rings is 1. The fourth-order valence-corrected chi connectivity index (χ4v) is 1.48. The molecule has 0 aliphatic rings. The monoisotopic (exact) mass is 193 g/mol. The summed E-state index contributed by atoms with van der Waals surface area (Å²) >= 11 is 0. The summed E-state index contributed by atoms with van der Waals surface area (Å²) in [5.74, 6) is -0.192. The molecule has 0 spiro atoms. The number of fused-ring (bicyclic) bond motifs is 1. The van der Waals surface area contributed by atoms with E-state index < -0.39 is 0 Å². The molecule has 2 nitrogen and oxygen atoms in total. The molecule has 0 amide bonds. The van der Waals surface area contributed by atoms with E-state index in [0.717, 1.165) is 17.5 Å². The van der Waals surface area contributed by atoms with Crippen LogP contribution in [0.1, 0.15) is 5.56 Å². The van der Waals surface area contributed by atoms with Crippen molar-refractivity contribution in [3.63, 3.8) is 0 Å². The highest BCUT2D eigenvalue weighted by molar-refractivity contribution is 5.77. The van der Waals surface area contributed by atoms with Crippen LogP contribution in [0.25, 0.3) is 11.0 Å². The predicted octanol–water partition coefficient (Wildman–Crippen LogP) is 2.33. The quantitative estimate of drug-likeness (QED) is 0.809. The molecule has 0 aliphatic carbocycles. The van der Waals surface area contributed by atoms with Crippen molar-refractivity contribution in [3.05, 3.63) is 35.8 Å². The van der Waals surface area contributed by atoms with Gasteiger partial charge in [-0.25, -0.2) is 4.39 Å². The lowest BCUT2D eigenvalue weighted by Crippen LogP contribution is -2.11. The zero-order valence-electron chi connectivity index (χ0n) is 8.01. The van der Waals surface area contributed by atoms with Gasteiger partial charge in [-0.2, -0.15) is 0 Å². The Balaban J connectivity index is 2.38. The molecule has 2 rings (SSSR count). The van der Waals surface area contributed by atoms with E-state index in [0.29, 0.717) is 12.0 Å². The third-order valence-electron chi connectivity index (χ3n) is 2.27. The molecule has 0 aliphatic heterocycles. The first-order valence-corrected chi connectivity index (χ1v) is 4.61. The molecule has 0 saturated carbocycles. The highest BCUT2D eigenvalue weighted by Crippen LogP contribution is 2.20. The molecule has 0 saturated heterocycles. The maximum atomic E-state index is 13.4. The van der Waals surface area contributed by atoms with E-state index in [2.05, 4.69) is 5.32 Å². The molecule has 3 heteroatoms. The van der Waals surface area contributed by atoms with Crippen molar-refractivity contribution >= 4 is 11.0 Å². The van der Waals surface area contributed by atoms with Crippen molar-refractivity contribution in [2.24, 2.45) is 0 Å². The van der Waals surface area contributed by atoms with Crippen LogP contribution in [0, 0.1) is 5.82 Å². The lowest BCUT2D eigenvalue weighted by atomic mass is 10.1. The van der Waals surface area contributed by atoms with Gasteiger partial charge in [0.15, 0.2) is 0 Å². The number of benzene rings is 1. The van der Waals surface area contributed by atoms with Crippen LogP contribution >= 0.6 is 0 Å². The average molecular weight is 193 g/mol. The van der Waals surface area contributed by atoms with E-state index in [9.17, 15) is 4.39 Å². The Morgan fingerprint density at radius 2 is 2.29 bits per heavy atom. The third-order valence-corrected chi connectivity index (χ3v) is 2.27. The Morgan fingerprint density at radius 1 is 1.43 bits per heavy atom. The van der Waals surface area contributed by atoms with Gasteiger partial charge < -0.3 is 9.73 Å². The Kier molecular flexibility index (Phi) is 2.50. The molecule has 2 aromatic rings. The van der Waals surface area contributed by atoms with Crippen molar-refractivity contribution in [2.75, 3.05) is 13.6 Å². The topological polar surface area (TPSA) is 25.2 Å². The second-order valence-corrected chi connectivity index (χ2v) is 3.26. The summed E-state index contributed by atoms with van der Waals surface area (Å²) in [6.45, 7) is 0.778. The van der Waals surface area contributed by atoms with Gasteiger partial charge >= 0.3 is 0 Å². The lowest BCUT2D eigenvalue weighted by Gasteiger charge is -2.02. The van der Waals surface area contributed by atoms with E-state index in [1.165, 1.54) is 6.07 Å². The zero-order chi connectivity index (χ0) is 9.97. The van der Waals surface area contributed by atoms with Gasteiger partial charge in [0.2, 0.25) is 0 Å². The summed E-state index contributed by atoms with van der Waals surface area (Å²) in [5.41, 5.74) is 1.34. The fraction of sp³-hybridized carbons (Fsp3) is 0.273. The summed E-state index contributed by atoms with van der Waals surface area (Å²) in [6.07, 6.45) is 2.27. The number of hydrogen-bond acceptors (Lipinski definition) is 2. The van der Waals surface area contributed by atoms with Gasteiger partial charge in [0.25, 0.3) is 0 Å². The first-order valence-electron chi connectivity index (χ1n) is 4.61. The van der Waals surface area contributed by atoms with Gasteiger partial charge in [0, 0.05) is 11.5 Å². The standard InChI is InChI=1S/C11H12FNO/c1-13-4-2-8-6-9-3-5-14-11(9)7-10(8)12/h3,5-7,13H,2,4H2,1H3. The van der Waals surface area contributed by atoms with Gasteiger partial charge in [-0.3, -0.25) is 0 Å². The van der Waals surface area contributed by atoms with Crippen LogP contribution in [0.3, 0.4) is 0 Å². The maximum absolute atomic E-state index is 13.4. The van der Waals surface area contributed by atoms with E-state index in [4.69, 9.17) is 4.42 Å². The number of likely N-dealkylation sites (N-methyl/N-ethyl adjacent to an activating group) is 1. The molecule has 0 unspecified atom stereocenters. The second kappa shape index (κ2) is 3.80. The van der Waals surface area contributed by atoms with Crippen molar-refractivity contribution in [3.8, 4) is 0 Å². The van der Waals surface area contributed by atoms with Gasteiger partial charge in [-0.1, -0.05) is 0 Å². The first-order chi connectivity index (χ1) is 6.81. The molecule has 0 atom stereocenters.